The van der Waals surface area contributed by atoms with Crippen LogP contribution in [0.1, 0.15) is 26.3 Å². The fraction of sp³-hybridized carbons (Fsp3) is 0.316. The van der Waals surface area contributed by atoms with Gasteiger partial charge in [-0.1, -0.05) is 18.2 Å². The summed E-state index contributed by atoms with van der Waals surface area (Å²) >= 11 is 2.92. The van der Waals surface area contributed by atoms with Gasteiger partial charge in [0, 0.05) is 36.3 Å². The van der Waals surface area contributed by atoms with Gasteiger partial charge < -0.3 is 21.1 Å². The molecule has 0 aliphatic heterocycles. The predicted molar refractivity (Wildman–Crippen MR) is 131 cm³/mol. The molecule has 29 heavy (non-hydrogen) atoms. The summed E-state index contributed by atoms with van der Waals surface area (Å²) in [6, 6.07) is 10.1. The number of nitrogens with one attached hydrogen (secondary N) is 3. The molecule has 1 atom stereocenters. The molecule has 3 aromatic rings. The van der Waals surface area contributed by atoms with Crippen molar-refractivity contribution in [1.82, 2.24) is 20.9 Å². The number of thiazole rings is 1. The number of benzene rings is 1. The first-order chi connectivity index (χ1) is 13.6. The van der Waals surface area contributed by atoms with E-state index in [1.54, 1.807) is 23.9 Å². The Kier molecular flexibility index (Phi) is 9.27. The van der Waals surface area contributed by atoms with E-state index in [4.69, 9.17) is 0 Å². The lowest BCUT2D eigenvalue weighted by Gasteiger charge is -2.14. The van der Waals surface area contributed by atoms with Crippen LogP contribution < -0.4 is 16.0 Å². The van der Waals surface area contributed by atoms with Crippen molar-refractivity contribution in [3.8, 4) is 0 Å². The molecule has 1 unspecified atom stereocenters. The Labute approximate surface area is 194 Å². The molecular formula is C19H24IN5O2S2. The SMILES string of the molecule is CN=C(NCCNC(=O)c1scnc1C)NCC(O)c1cc2ccccc2s1.I. The molecule has 0 aliphatic carbocycles. The van der Waals surface area contributed by atoms with Crippen molar-refractivity contribution in [3.05, 3.63) is 51.3 Å². The third-order valence-electron chi connectivity index (χ3n) is 4.11. The number of carbonyl (C=O) groups excluding carboxylic acids is 1. The van der Waals surface area contributed by atoms with E-state index in [1.165, 1.54) is 11.3 Å². The number of thiophene rings is 1. The minimum absolute atomic E-state index is 0. The van der Waals surface area contributed by atoms with Crippen molar-refractivity contribution in [2.75, 3.05) is 26.7 Å². The van der Waals surface area contributed by atoms with E-state index in [1.807, 2.05) is 37.3 Å². The number of aryl methyl sites for hydroxylation is 1. The Balaban J connectivity index is 0.00000300. The zero-order valence-corrected chi connectivity index (χ0v) is 20.1. The van der Waals surface area contributed by atoms with E-state index >= 15 is 0 Å². The second-order valence-corrected chi connectivity index (χ2v) is 8.08. The van der Waals surface area contributed by atoms with Gasteiger partial charge in [0.2, 0.25) is 0 Å². The second-order valence-electron chi connectivity index (χ2n) is 6.11. The molecule has 1 aromatic carbocycles. The first-order valence-electron chi connectivity index (χ1n) is 8.88. The lowest BCUT2D eigenvalue weighted by molar-refractivity contribution is 0.0957. The van der Waals surface area contributed by atoms with Crippen molar-refractivity contribution in [3.63, 3.8) is 0 Å². The highest BCUT2D eigenvalue weighted by atomic mass is 127. The van der Waals surface area contributed by atoms with Crippen molar-refractivity contribution in [2.24, 2.45) is 4.99 Å². The molecule has 0 fully saturated rings. The minimum Gasteiger partial charge on any atom is -0.386 e. The van der Waals surface area contributed by atoms with Crippen molar-refractivity contribution < 1.29 is 9.90 Å². The molecular weight excluding hydrogens is 521 g/mol. The highest BCUT2D eigenvalue weighted by Crippen LogP contribution is 2.29. The topological polar surface area (TPSA) is 98.6 Å². The zero-order valence-electron chi connectivity index (χ0n) is 16.1. The molecule has 7 nitrogen and oxygen atoms in total. The summed E-state index contributed by atoms with van der Waals surface area (Å²) in [6.45, 7) is 3.13. The standard InChI is InChI=1S/C19H23N5O2S2.HI/c1-12-17(27-11-24-12)18(26)21-7-8-22-19(20-2)23-10-14(25)16-9-13-5-3-4-6-15(13)28-16;/h3-6,9,11,14,25H,7-8,10H2,1-2H3,(H,21,26)(H2,20,22,23);1H. The van der Waals surface area contributed by atoms with Gasteiger partial charge in [-0.2, -0.15) is 0 Å². The van der Waals surface area contributed by atoms with E-state index in [9.17, 15) is 9.90 Å². The summed E-state index contributed by atoms with van der Waals surface area (Å²) in [5.74, 6) is 0.452. The number of fused-ring (bicyclic) bond motifs is 1. The van der Waals surface area contributed by atoms with Crippen LogP contribution in [0.5, 0.6) is 0 Å². The number of guanidine groups is 1. The smallest absolute Gasteiger partial charge is 0.263 e. The van der Waals surface area contributed by atoms with E-state index in [-0.39, 0.29) is 29.9 Å². The second kappa shape index (κ2) is 11.4. The monoisotopic (exact) mass is 545 g/mol. The molecule has 1 amide bonds. The van der Waals surface area contributed by atoms with Gasteiger partial charge in [-0.25, -0.2) is 4.98 Å². The Bertz CT molecular complexity index is 939. The van der Waals surface area contributed by atoms with Gasteiger partial charge in [0.25, 0.3) is 5.91 Å². The highest BCUT2D eigenvalue weighted by Gasteiger charge is 2.13. The Hall–Kier alpha value is -1.76. The number of aliphatic hydroxyl groups is 1. The van der Waals surface area contributed by atoms with Crippen molar-refractivity contribution >= 4 is 68.6 Å². The number of hydrogen-bond acceptors (Lipinski definition) is 6. The fourth-order valence-corrected chi connectivity index (χ4v) is 4.41. The molecule has 0 spiro atoms. The molecule has 0 saturated carbocycles. The predicted octanol–water partition coefficient (Wildman–Crippen LogP) is 2.91. The van der Waals surface area contributed by atoms with Crippen LogP contribution in [0, 0.1) is 6.92 Å². The van der Waals surface area contributed by atoms with Gasteiger partial charge in [-0.3, -0.25) is 9.79 Å². The largest absolute Gasteiger partial charge is 0.386 e. The third kappa shape index (κ3) is 6.36. The fourth-order valence-electron chi connectivity index (χ4n) is 2.64. The van der Waals surface area contributed by atoms with Crippen LogP contribution in [0.4, 0.5) is 0 Å². The number of amides is 1. The van der Waals surface area contributed by atoms with Gasteiger partial charge in [0.05, 0.1) is 11.2 Å². The average molecular weight is 545 g/mol. The summed E-state index contributed by atoms with van der Waals surface area (Å²) in [7, 11) is 1.67. The first-order valence-corrected chi connectivity index (χ1v) is 10.6. The van der Waals surface area contributed by atoms with Crippen LogP contribution in [-0.4, -0.2) is 48.6 Å². The molecule has 3 rings (SSSR count). The average Bonchev–Trinajstić information content (AvgIpc) is 3.33. The van der Waals surface area contributed by atoms with Crippen LogP contribution in [0.15, 0.2) is 40.8 Å². The normalized spacial score (nSPS) is 12.3. The zero-order chi connectivity index (χ0) is 19.9. The molecule has 156 valence electrons. The number of halogens is 1. The molecule has 0 bridgehead atoms. The van der Waals surface area contributed by atoms with Crippen LogP contribution in [0.25, 0.3) is 10.1 Å². The number of aliphatic hydroxyl groups excluding tert-OH is 1. The minimum atomic E-state index is -0.620. The van der Waals surface area contributed by atoms with Gasteiger partial charge in [0.15, 0.2) is 5.96 Å². The molecule has 10 heteroatoms. The summed E-state index contributed by atoms with van der Waals surface area (Å²) in [5.41, 5.74) is 2.40. The van der Waals surface area contributed by atoms with Crippen LogP contribution in [0.2, 0.25) is 0 Å². The molecule has 4 N–H and O–H groups in total. The summed E-state index contributed by atoms with van der Waals surface area (Å²) in [5, 5.41) is 20.7. The summed E-state index contributed by atoms with van der Waals surface area (Å²) < 4.78 is 1.16. The summed E-state index contributed by atoms with van der Waals surface area (Å²) in [6.07, 6.45) is -0.620. The maximum absolute atomic E-state index is 12.0. The van der Waals surface area contributed by atoms with Gasteiger partial charge in [0.1, 0.15) is 11.0 Å². The van der Waals surface area contributed by atoms with Crippen LogP contribution in [0.3, 0.4) is 0 Å². The van der Waals surface area contributed by atoms with Gasteiger partial charge >= 0.3 is 0 Å². The van der Waals surface area contributed by atoms with E-state index in [0.29, 0.717) is 30.5 Å². The Morgan fingerprint density at radius 3 is 2.69 bits per heavy atom. The molecule has 0 radical (unpaired) electrons. The van der Waals surface area contributed by atoms with Crippen LogP contribution >= 0.6 is 46.7 Å². The number of aliphatic imine (C=N–C) groups is 1. The molecule has 2 heterocycles. The van der Waals surface area contributed by atoms with E-state index in [2.05, 4.69) is 25.9 Å². The molecule has 0 saturated heterocycles. The maximum Gasteiger partial charge on any atom is 0.263 e. The number of aromatic nitrogens is 1. The summed E-state index contributed by atoms with van der Waals surface area (Å²) in [4.78, 5) is 21.8. The molecule has 2 aromatic heterocycles. The Morgan fingerprint density at radius 1 is 1.24 bits per heavy atom. The lowest BCUT2D eigenvalue weighted by Crippen LogP contribution is -2.42. The van der Waals surface area contributed by atoms with Gasteiger partial charge in [-0.15, -0.1) is 46.7 Å². The van der Waals surface area contributed by atoms with Gasteiger partial charge in [-0.05, 0) is 24.4 Å². The third-order valence-corrected chi connectivity index (χ3v) is 6.26. The first kappa shape index (κ1) is 23.5. The van der Waals surface area contributed by atoms with E-state index < -0.39 is 6.10 Å². The van der Waals surface area contributed by atoms with Crippen LogP contribution in [-0.2, 0) is 0 Å². The number of rotatable bonds is 7. The maximum atomic E-state index is 12.0. The highest BCUT2D eigenvalue weighted by molar-refractivity contribution is 14.0. The van der Waals surface area contributed by atoms with Crippen molar-refractivity contribution in [1.29, 1.82) is 0 Å². The number of carbonyl (C=O) groups is 1. The Morgan fingerprint density at radius 2 is 2.00 bits per heavy atom. The quantitative estimate of drug-likeness (QED) is 0.159. The van der Waals surface area contributed by atoms with E-state index in [0.717, 1.165) is 20.7 Å². The number of hydrogen-bond donors (Lipinski definition) is 4. The van der Waals surface area contributed by atoms with Crippen molar-refractivity contribution in [2.45, 2.75) is 13.0 Å². The number of nitrogens with zero attached hydrogens (tertiary/aromatic N) is 2. The lowest BCUT2D eigenvalue weighted by atomic mass is 10.2. The molecule has 0 aliphatic rings.